The van der Waals surface area contributed by atoms with Gasteiger partial charge in [0, 0.05) is 6.54 Å². The van der Waals surface area contributed by atoms with Gasteiger partial charge in [0.15, 0.2) is 0 Å². The molecule has 0 radical (unpaired) electrons. The third kappa shape index (κ3) is 3.52. The largest absolute Gasteiger partial charge is 0.489 e. The van der Waals surface area contributed by atoms with Crippen molar-refractivity contribution in [3.63, 3.8) is 0 Å². The maximum absolute atomic E-state index is 6.11. The zero-order valence-electron chi connectivity index (χ0n) is 13.4. The average molecular weight is 309 g/mol. The first-order valence-electron chi connectivity index (χ1n) is 7.81. The SMILES string of the molecule is CCC(CC)Cn1c(CCl)nc2c(OC(C)C)cccc21. The van der Waals surface area contributed by atoms with Crippen LogP contribution in [0.1, 0.15) is 46.4 Å². The molecule has 1 aromatic heterocycles. The molecule has 0 fully saturated rings. The monoisotopic (exact) mass is 308 g/mol. The van der Waals surface area contributed by atoms with E-state index in [0.29, 0.717) is 11.8 Å². The molecule has 2 rings (SSSR count). The van der Waals surface area contributed by atoms with Crippen molar-refractivity contribution in [2.45, 2.75) is 59.1 Å². The lowest BCUT2D eigenvalue weighted by molar-refractivity contribution is 0.245. The predicted octanol–water partition coefficient (Wildman–Crippen LogP) is 5.00. The summed E-state index contributed by atoms with van der Waals surface area (Å²) in [7, 11) is 0. The summed E-state index contributed by atoms with van der Waals surface area (Å²) in [6.45, 7) is 9.50. The van der Waals surface area contributed by atoms with Gasteiger partial charge in [0.1, 0.15) is 17.1 Å². The molecule has 0 unspecified atom stereocenters. The van der Waals surface area contributed by atoms with Crippen molar-refractivity contribution >= 4 is 22.6 Å². The Hall–Kier alpha value is -1.22. The van der Waals surface area contributed by atoms with Crippen LogP contribution in [0.3, 0.4) is 0 Å². The van der Waals surface area contributed by atoms with Gasteiger partial charge in [-0.2, -0.15) is 0 Å². The van der Waals surface area contributed by atoms with Crippen molar-refractivity contribution in [3.8, 4) is 5.75 Å². The fraction of sp³-hybridized carbons (Fsp3) is 0.588. The number of rotatable bonds is 7. The quantitative estimate of drug-likeness (QED) is 0.673. The Balaban J connectivity index is 2.48. The van der Waals surface area contributed by atoms with Gasteiger partial charge in [-0.05, 0) is 31.9 Å². The van der Waals surface area contributed by atoms with E-state index in [9.17, 15) is 0 Å². The minimum atomic E-state index is 0.138. The number of benzene rings is 1. The first-order chi connectivity index (χ1) is 10.1. The Labute approximate surface area is 132 Å². The van der Waals surface area contributed by atoms with Gasteiger partial charge in [0.2, 0.25) is 0 Å². The van der Waals surface area contributed by atoms with Gasteiger partial charge >= 0.3 is 0 Å². The number of imidazole rings is 1. The summed E-state index contributed by atoms with van der Waals surface area (Å²) in [6.07, 6.45) is 2.47. The highest BCUT2D eigenvalue weighted by Gasteiger charge is 2.16. The van der Waals surface area contributed by atoms with E-state index < -0.39 is 0 Å². The normalized spacial score (nSPS) is 11.8. The second kappa shape index (κ2) is 7.17. The Morgan fingerprint density at radius 1 is 1.24 bits per heavy atom. The molecular weight excluding hydrogens is 284 g/mol. The number of hydrogen-bond donors (Lipinski definition) is 0. The Morgan fingerprint density at radius 2 is 1.95 bits per heavy atom. The molecule has 0 aliphatic rings. The zero-order valence-corrected chi connectivity index (χ0v) is 14.2. The Kier molecular flexibility index (Phi) is 5.51. The van der Waals surface area contributed by atoms with Gasteiger partial charge in [-0.15, -0.1) is 11.6 Å². The Morgan fingerprint density at radius 3 is 2.52 bits per heavy atom. The molecule has 0 aliphatic carbocycles. The molecule has 0 N–H and O–H groups in total. The molecule has 116 valence electrons. The number of fused-ring (bicyclic) bond motifs is 1. The van der Waals surface area contributed by atoms with Crippen molar-refractivity contribution < 1.29 is 4.74 Å². The molecule has 0 atom stereocenters. The van der Waals surface area contributed by atoms with E-state index >= 15 is 0 Å². The number of ether oxygens (including phenoxy) is 1. The molecule has 0 saturated heterocycles. The minimum absolute atomic E-state index is 0.138. The van der Waals surface area contributed by atoms with Crippen LogP contribution in [-0.2, 0) is 12.4 Å². The van der Waals surface area contributed by atoms with Crippen LogP contribution in [0.2, 0.25) is 0 Å². The van der Waals surface area contributed by atoms with Crippen LogP contribution in [0.5, 0.6) is 5.75 Å². The fourth-order valence-electron chi connectivity index (χ4n) is 2.63. The number of halogens is 1. The highest BCUT2D eigenvalue weighted by Crippen LogP contribution is 2.28. The lowest BCUT2D eigenvalue weighted by Crippen LogP contribution is -2.11. The van der Waals surface area contributed by atoms with Crippen LogP contribution in [0.15, 0.2) is 18.2 Å². The van der Waals surface area contributed by atoms with E-state index in [0.717, 1.165) is 29.2 Å². The second-order valence-corrected chi connectivity index (χ2v) is 6.01. The topological polar surface area (TPSA) is 27.1 Å². The van der Waals surface area contributed by atoms with E-state index in [4.69, 9.17) is 21.3 Å². The molecule has 0 saturated carbocycles. The minimum Gasteiger partial charge on any atom is -0.489 e. The van der Waals surface area contributed by atoms with E-state index in [1.165, 1.54) is 12.8 Å². The van der Waals surface area contributed by atoms with E-state index in [-0.39, 0.29) is 6.10 Å². The summed E-state index contributed by atoms with van der Waals surface area (Å²) in [5.74, 6) is 2.85. The number of para-hydroxylation sites is 1. The first-order valence-corrected chi connectivity index (χ1v) is 8.34. The van der Waals surface area contributed by atoms with E-state index in [2.05, 4.69) is 24.5 Å². The predicted molar refractivity (Wildman–Crippen MR) is 89.1 cm³/mol. The van der Waals surface area contributed by atoms with Gasteiger partial charge in [-0.1, -0.05) is 32.8 Å². The molecule has 0 aliphatic heterocycles. The molecular formula is C17H25ClN2O. The third-order valence-corrected chi connectivity index (χ3v) is 4.14. The summed E-state index contributed by atoms with van der Waals surface area (Å²) >= 11 is 6.11. The summed E-state index contributed by atoms with van der Waals surface area (Å²) < 4.78 is 8.14. The van der Waals surface area contributed by atoms with Gasteiger partial charge in [-0.3, -0.25) is 0 Å². The van der Waals surface area contributed by atoms with Crippen molar-refractivity contribution in [3.05, 3.63) is 24.0 Å². The number of aromatic nitrogens is 2. The lowest BCUT2D eigenvalue weighted by atomic mass is 10.0. The third-order valence-electron chi connectivity index (χ3n) is 3.90. The molecule has 0 amide bonds. The van der Waals surface area contributed by atoms with Crippen molar-refractivity contribution in [1.29, 1.82) is 0 Å². The first kappa shape index (κ1) is 16.2. The molecule has 1 heterocycles. The van der Waals surface area contributed by atoms with Crippen LogP contribution in [0.4, 0.5) is 0 Å². The van der Waals surface area contributed by atoms with Crippen LogP contribution in [0, 0.1) is 5.92 Å². The molecule has 0 bridgehead atoms. The van der Waals surface area contributed by atoms with Crippen molar-refractivity contribution in [1.82, 2.24) is 9.55 Å². The highest BCUT2D eigenvalue weighted by molar-refractivity contribution is 6.16. The van der Waals surface area contributed by atoms with Gasteiger partial charge < -0.3 is 9.30 Å². The summed E-state index contributed by atoms with van der Waals surface area (Å²) in [5.41, 5.74) is 2.04. The van der Waals surface area contributed by atoms with Crippen LogP contribution in [0.25, 0.3) is 11.0 Å². The van der Waals surface area contributed by atoms with Crippen molar-refractivity contribution in [2.75, 3.05) is 0 Å². The molecule has 1 aromatic carbocycles. The summed E-state index contributed by atoms with van der Waals surface area (Å²) in [5, 5.41) is 0. The number of nitrogens with zero attached hydrogens (tertiary/aromatic N) is 2. The maximum Gasteiger partial charge on any atom is 0.147 e. The Bertz CT molecular complexity index is 588. The molecule has 4 heteroatoms. The lowest BCUT2D eigenvalue weighted by Gasteiger charge is -2.16. The summed E-state index contributed by atoms with van der Waals surface area (Å²) in [6, 6.07) is 6.12. The van der Waals surface area contributed by atoms with E-state index in [1.807, 2.05) is 26.0 Å². The van der Waals surface area contributed by atoms with Gasteiger partial charge in [-0.25, -0.2) is 4.98 Å². The molecule has 21 heavy (non-hydrogen) atoms. The van der Waals surface area contributed by atoms with Crippen LogP contribution in [-0.4, -0.2) is 15.7 Å². The number of hydrogen-bond acceptors (Lipinski definition) is 2. The second-order valence-electron chi connectivity index (χ2n) is 5.75. The van der Waals surface area contributed by atoms with Gasteiger partial charge in [0.25, 0.3) is 0 Å². The fourth-order valence-corrected chi connectivity index (χ4v) is 2.83. The molecule has 0 spiro atoms. The van der Waals surface area contributed by atoms with E-state index in [1.54, 1.807) is 0 Å². The molecule has 2 aromatic rings. The van der Waals surface area contributed by atoms with Crippen LogP contribution < -0.4 is 4.74 Å². The molecule has 3 nitrogen and oxygen atoms in total. The zero-order chi connectivity index (χ0) is 15.4. The smallest absolute Gasteiger partial charge is 0.147 e. The standard InChI is InChI=1S/C17H25ClN2O/c1-5-13(6-2)11-20-14-8-7-9-15(21-12(3)4)17(14)19-16(20)10-18/h7-9,12-13H,5-6,10-11H2,1-4H3. The summed E-state index contributed by atoms with van der Waals surface area (Å²) in [4.78, 5) is 4.71. The maximum atomic E-state index is 6.11. The van der Waals surface area contributed by atoms with Crippen molar-refractivity contribution in [2.24, 2.45) is 5.92 Å². The van der Waals surface area contributed by atoms with Crippen LogP contribution >= 0.6 is 11.6 Å². The van der Waals surface area contributed by atoms with Gasteiger partial charge in [0.05, 0.1) is 17.5 Å². The highest BCUT2D eigenvalue weighted by atomic mass is 35.5. The number of alkyl halides is 1. The average Bonchev–Trinajstić information content (AvgIpc) is 2.83.